The maximum Gasteiger partial charge on any atom is 0.257 e. The second-order valence-corrected chi connectivity index (χ2v) is 6.88. The van der Waals surface area contributed by atoms with Crippen LogP contribution in [-0.4, -0.2) is 63.9 Å². The summed E-state index contributed by atoms with van der Waals surface area (Å²) in [6, 6.07) is 13.1. The van der Waals surface area contributed by atoms with Crippen LogP contribution in [0.1, 0.15) is 16.1 Å². The fourth-order valence-corrected chi connectivity index (χ4v) is 3.45. The van der Waals surface area contributed by atoms with Crippen LogP contribution in [0.5, 0.6) is 5.75 Å². The van der Waals surface area contributed by atoms with Crippen LogP contribution in [0, 0.1) is 0 Å². The van der Waals surface area contributed by atoms with Gasteiger partial charge in [-0.1, -0.05) is 12.1 Å². The maximum atomic E-state index is 12.8. The van der Waals surface area contributed by atoms with Gasteiger partial charge in [-0.25, -0.2) is 9.97 Å². The fraction of sp³-hybridized carbons (Fsp3) is 0.273. The van der Waals surface area contributed by atoms with Gasteiger partial charge in [0.05, 0.1) is 18.4 Å². The van der Waals surface area contributed by atoms with Crippen LogP contribution in [0.4, 0.5) is 0 Å². The van der Waals surface area contributed by atoms with Crippen molar-refractivity contribution in [2.75, 3.05) is 33.3 Å². The number of hydrogen-bond donors (Lipinski definition) is 0. The molecule has 7 nitrogen and oxygen atoms in total. The molecule has 0 N–H and O–H groups in total. The number of ether oxygens (including phenoxy) is 1. The summed E-state index contributed by atoms with van der Waals surface area (Å²) in [5.41, 5.74) is 2.48. The van der Waals surface area contributed by atoms with E-state index in [1.165, 1.54) is 0 Å². The number of carbonyl (C=O) groups is 1. The van der Waals surface area contributed by atoms with Crippen LogP contribution in [0.2, 0.25) is 0 Å². The average Bonchev–Trinajstić information content (AvgIpc) is 2.80. The topological polar surface area (TPSA) is 71.5 Å². The highest BCUT2D eigenvalue weighted by molar-refractivity contribution is 5.97. The first kappa shape index (κ1) is 19.0. The van der Waals surface area contributed by atoms with E-state index in [2.05, 4.69) is 19.9 Å². The Labute approximate surface area is 170 Å². The van der Waals surface area contributed by atoms with Crippen LogP contribution in [-0.2, 0) is 6.54 Å². The number of nitrogens with zero attached hydrogens (tertiary/aromatic N) is 5. The largest absolute Gasteiger partial charge is 0.496 e. The summed E-state index contributed by atoms with van der Waals surface area (Å²) in [6.07, 6.45) is 5.28. The molecule has 0 unspecified atom stereocenters. The van der Waals surface area contributed by atoms with Crippen molar-refractivity contribution in [3.8, 4) is 17.1 Å². The van der Waals surface area contributed by atoms with Crippen molar-refractivity contribution in [1.29, 1.82) is 0 Å². The Balaban J connectivity index is 1.38. The van der Waals surface area contributed by atoms with E-state index in [9.17, 15) is 4.79 Å². The van der Waals surface area contributed by atoms with Gasteiger partial charge in [0, 0.05) is 56.9 Å². The molecule has 0 radical (unpaired) electrons. The molecule has 0 atom stereocenters. The van der Waals surface area contributed by atoms with Gasteiger partial charge in [0.25, 0.3) is 5.91 Å². The minimum absolute atomic E-state index is 0.0167. The molecule has 1 fully saturated rings. The number of hydrogen-bond acceptors (Lipinski definition) is 6. The minimum Gasteiger partial charge on any atom is -0.496 e. The second-order valence-electron chi connectivity index (χ2n) is 6.88. The van der Waals surface area contributed by atoms with Gasteiger partial charge < -0.3 is 9.64 Å². The van der Waals surface area contributed by atoms with Gasteiger partial charge in [0.15, 0.2) is 5.82 Å². The lowest BCUT2D eigenvalue weighted by atomic mass is 10.1. The number of piperazine rings is 1. The Morgan fingerprint density at radius 2 is 1.86 bits per heavy atom. The normalized spacial score (nSPS) is 14.6. The first-order valence-corrected chi connectivity index (χ1v) is 9.61. The summed E-state index contributed by atoms with van der Waals surface area (Å²) in [4.78, 5) is 30.2. The Bertz CT molecular complexity index is 972. The van der Waals surface area contributed by atoms with Gasteiger partial charge in [-0.05, 0) is 30.3 Å². The molecule has 1 saturated heterocycles. The van der Waals surface area contributed by atoms with E-state index in [1.54, 1.807) is 25.7 Å². The maximum absolute atomic E-state index is 12.8. The second kappa shape index (κ2) is 8.79. The Morgan fingerprint density at radius 1 is 1.03 bits per heavy atom. The number of aromatic nitrogens is 3. The summed E-state index contributed by atoms with van der Waals surface area (Å²) in [6.45, 7) is 3.68. The van der Waals surface area contributed by atoms with Gasteiger partial charge >= 0.3 is 0 Å². The van der Waals surface area contributed by atoms with Crippen LogP contribution in [0.25, 0.3) is 11.4 Å². The number of carbonyl (C=O) groups excluding carboxylic acids is 1. The van der Waals surface area contributed by atoms with Crippen LogP contribution < -0.4 is 4.74 Å². The van der Waals surface area contributed by atoms with Crippen molar-refractivity contribution >= 4 is 5.91 Å². The third-order valence-electron chi connectivity index (χ3n) is 5.02. The molecule has 0 spiro atoms. The molecular formula is C22H23N5O2. The van der Waals surface area contributed by atoms with Crippen LogP contribution in [0.15, 0.2) is 61.1 Å². The minimum atomic E-state index is 0.0167. The van der Waals surface area contributed by atoms with E-state index >= 15 is 0 Å². The van der Waals surface area contributed by atoms with Crippen LogP contribution >= 0.6 is 0 Å². The van der Waals surface area contributed by atoms with Gasteiger partial charge in [-0.15, -0.1) is 0 Å². The molecule has 1 aliphatic heterocycles. The van der Waals surface area contributed by atoms with Crippen molar-refractivity contribution < 1.29 is 9.53 Å². The molecule has 1 aromatic carbocycles. The SMILES string of the molecule is COc1ccccc1C(=O)N1CCN(Cc2ccnc(-c3cccnc3)n2)CC1. The van der Waals surface area contributed by atoms with Gasteiger partial charge in [-0.2, -0.15) is 0 Å². The lowest BCUT2D eigenvalue weighted by molar-refractivity contribution is 0.0624. The van der Waals surface area contributed by atoms with E-state index < -0.39 is 0 Å². The molecule has 4 rings (SSSR count). The summed E-state index contributed by atoms with van der Waals surface area (Å²) in [5.74, 6) is 1.31. The molecule has 3 aromatic rings. The highest BCUT2D eigenvalue weighted by atomic mass is 16.5. The smallest absolute Gasteiger partial charge is 0.257 e. The Hall–Kier alpha value is -3.32. The summed E-state index contributed by atoms with van der Waals surface area (Å²) in [5, 5.41) is 0. The zero-order chi connectivity index (χ0) is 20.1. The number of rotatable bonds is 5. The molecule has 1 amide bonds. The quantitative estimate of drug-likeness (QED) is 0.668. The van der Waals surface area contributed by atoms with E-state index in [0.29, 0.717) is 30.2 Å². The van der Waals surface area contributed by atoms with Crippen LogP contribution in [0.3, 0.4) is 0 Å². The molecule has 0 aliphatic carbocycles. The molecule has 7 heteroatoms. The summed E-state index contributed by atoms with van der Waals surface area (Å²) < 4.78 is 5.33. The van der Waals surface area contributed by atoms with Crippen molar-refractivity contribution in [3.63, 3.8) is 0 Å². The summed E-state index contributed by atoms with van der Waals surface area (Å²) >= 11 is 0. The zero-order valence-electron chi connectivity index (χ0n) is 16.4. The summed E-state index contributed by atoms with van der Waals surface area (Å²) in [7, 11) is 1.59. The van der Waals surface area contributed by atoms with Gasteiger partial charge in [0.2, 0.25) is 0 Å². The van der Waals surface area contributed by atoms with Crippen molar-refractivity contribution in [1.82, 2.24) is 24.8 Å². The number of benzene rings is 1. The van der Waals surface area contributed by atoms with E-state index in [0.717, 1.165) is 30.9 Å². The Morgan fingerprint density at radius 3 is 2.62 bits per heavy atom. The van der Waals surface area contributed by atoms with E-state index in [1.807, 2.05) is 47.4 Å². The lowest BCUT2D eigenvalue weighted by Gasteiger charge is -2.34. The van der Waals surface area contributed by atoms with E-state index in [4.69, 9.17) is 4.74 Å². The third kappa shape index (κ3) is 4.41. The Kier molecular flexibility index (Phi) is 5.76. The van der Waals surface area contributed by atoms with Crippen molar-refractivity contribution in [2.45, 2.75) is 6.54 Å². The number of methoxy groups -OCH3 is 1. The molecule has 0 bridgehead atoms. The van der Waals surface area contributed by atoms with Crippen molar-refractivity contribution in [3.05, 3.63) is 72.3 Å². The molecular weight excluding hydrogens is 366 g/mol. The molecule has 148 valence electrons. The molecule has 3 heterocycles. The van der Waals surface area contributed by atoms with Crippen molar-refractivity contribution in [2.24, 2.45) is 0 Å². The van der Waals surface area contributed by atoms with E-state index in [-0.39, 0.29) is 5.91 Å². The highest BCUT2D eigenvalue weighted by Crippen LogP contribution is 2.20. The zero-order valence-corrected chi connectivity index (χ0v) is 16.4. The molecule has 1 aliphatic rings. The number of para-hydroxylation sites is 1. The van der Waals surface area contributed by atoms with Gasteiger partial charge in [0.1, 0.15) is 5.75 Å². The number of pyridine rings is 1. The predicted molar refractivity (Wildman–Crippen MR) is 109 cm³/mol. The highest BCUT2D eigenvalue weighted by Gasteiger charge is 2.24. The predicted octanol–water partition coefficient (Wildman–Crippen LogP) is 2.51. The monoisotopic (exact) mass is 389 g/mol. The lowest BCUT2D eigenvalue weighted by Crippen LogP contribution is -2.48. The standard InChI is InChI=1S/C22H23N5O2/c1-29-20-7-3-2-6-19(20)22(28)27-13-11-26(12-14-27)16-18-8-10-24-21(25-18)17-5-4-9-23-15-17/h2-10,15H,11-14,16H2,1H3. The fourth-order valence-electron chi connectivity index (χ4n) is 3.45. The van der Waals surface area contributed by atoms with Gasteiger partial charge in [-0.3, -0.25) is 14.7 Å². The first-order valence-electron chi connectivity index (χ1n) is 9.61. The molecule has 2 aromatic heterocycles. The first-order chi connectivity index (χ1) is 14.2. The average molecular weight is 389 g/mol. The third-order valence-corrected chi connectivity index (χ3v) is 5.02. The molecule has 0 saturated carbocycles. The number of amides is 1. The molecule has 29 heavy (non-hydrogen) atoms.